The number of methoxy groups -OCH3 is 2. The molecule has 4 heterocycles. The summed E-state index contributed by atoms with van der Waals surface area (Å²) in [6.45, 7) is 0.739. The largest absolute Gasteiger partial charge is 1.00 e. The van der Waals surface area contributed by atoms with Crippen LogP contribution in [0.15, 0.2) is 139 Å². The first-order valence-electron chi connectivity index (χ1n) is 19.9. The number of ketones is 2. The number of ether oxygens (including phenoxy) is 2. The van der Waals surface area contributed by atoms with Crippen LogP contribution >= 0.6 is 15.9 Å². The second kappa shape index (κ2) is 36.1. The Hall–Kier alpha value is -4.20. The smallest absolute Gasteiger partial charge is 1.00 e. The van der Waals surface area contributed by atoms with Gasteiger partial charge >= 0.3 is 168 Å². The molecule has 0 unspecified atom stereocenters. The Balaban J connectivity index is -0.000000918. The van der Waals surface area contributed by atoms with Gasteiger partial charge in [0, 0.05) is 42.8 Å². The summed E-state index contributed by atoms with van der Waals surface area (Å²) in [6.07, 6.45) is -6.59. The quantitative estimate of drug-likeness (QED) is 0.0308. The minimum Gasteiger partial charge on any atom is -1.00 e. The zero-order valence-corrected chi connectivity index (χ0v) is 54.7. The fourth-order valence-electron chi connectivity index (χ4n) is 5.46. The van der Waals surface area contributed by atoms with Crippen molar-refractivity contribution in [3.63, 3.8) is 0 Å². The first-order chi connectivity index (χ1) is 34.2. The van der Waals surface area contributed by atoms with E-state index in [1.807, 2.05) is 0 Å². The van der Waals surface area contributed by atoms with Gasteiger partial charge in [0.2, 0.25) is 0 Å². The van der Waals surface area contributed by atoms with Crippen LogP contribution in [0.3, 0.4) is 0 Å². The molecule has 0 radical (unpaired) electrons. The summed E-state index contributed by atoms with van der Waals surface area (Å²) in [5.74, 6) is -2.40. The van der Waals surface area contributed by atoms with E-state index >= 15 is 0 Å². The summed E-state index contributed by atoms with van der Waals surface area (Å²) in [7, 11) is 2.57. The number of carbonyl (C=O) groups excluding carboxylic acids is 5. The van der Waals surface area contributed by atoms with Gasteiger partial charge in [0.1, 0.15) is 16.9 Å². The molecule has 0 amide bonds. The number of esters is 2. The van der Waals surface area contributed by atoms with Gasteiger partial charge in [0.15, 0.2) is 11.6 Å². The summed E-state index contributed by atoms with van der Waals surface area (Å²) in [5, 5.41) is 16.0. The molecular formula is C47H43BrCs2F9N5O12. The SMILES string of the molecule is CC(=O)O.COC(=O)c1ccc[nH]1.COC(=O)c1cccn1CC(=O)c1ccc(C(F)(F)F)cc1.N.O=C(CBr)c1ccc(C(F)(F)F)cc1.O=CO[O-].O=c1[nH]c(-c2ccc(C(F)(F)F)cc2)cn2cccc12.[Cs+].[Cs+].[H-]. The average Bonchev–Trinajstić information content (AvgIpc) is 4.17. The number of carboxylic acid groups (broad SMARTS) is 1. The van der Waals surface area contributed by atoms with Crippen LogP contribution in [-0.2, 0) is 49.0 Å². The summed E-state index contributed by atoms with van der Waals surface area (Å²) in [5.41, 5.74) is -0.00615. The molecule has 76 heavy (non-hydrogen) atoms. The molecule has 3 aromatic carbocycles. The third kappa shape index (κ3) is 25.5. The average molecular weight is 1390 g/mol. The first kappa shape index (κ1) is 73.9. The molecule has 0 saturated heterocycles. The molecule has 6 N–H and O–H groups in total. The van der Waals surface area contributed by atoms with Crippen molar-refractivity contribution in [3.8, 4) is 11.3 Å². The number of hydrogen-bond acceptors (Lipinski definition) is 12. The molecule has 0 aliphatic carbocycles. The van der Waals surface area contributed by atoms with Gasteiger partial charge in [0.05, 0.1) is 48.5 Å². The number of halogens is 10. The molecule has 4 aromatic heterocycles. The minimum atomic E-state index is -4.44. The van der Waals surface area contributed by atoms with E-state index in [0.29, 0.717) is 22.5 Å². The molecule has 7 aromatic rings. The van der Waals surface area contributed by atoms with Crippen LogP contribution in [0.2, 0.25) is 0 Å². The number of fused-ring (bicyclic) bond motifs is 1. The fourth-order valence-corrected chi connectivity index (χ4v) is 5.79. The number of rotatable bonds is 9. The third-order valence-corrected chi connectivity index (χ3v) is 9.33. The number of nitrogens with zero attached hydrogens (tertiary/aromatic N) is 2. The maximum Gasteiger partial charge on any atom is 1.00 e. The van der Waals surface area contributed by atoms with Crippen molar-refractivity contribution in [2.75, 3.05) is 19.5 Å². The number of carbonyl (C=O) groups is 6. The molecule has 0 bridgehead atoms. The van der Waals surface area contributed by atoms with Crippen molar-refractivity contribution in [1.29, 1.82) is 0 Å². The molecule has 7 rings (SSSR count). The minimum absolute atomic E-state index is 0. The maximum absolute atomic E-state index is 12.5. The summed E-state index contributed by atoms with van der Waals surface area (Å²) >= 11 is 2.94. The van der Waals surface area contributed by atoms with Crippen molar-refractivity contribution >= 4 is 57.4 Å². The second-order valence-corrected chi connectivity index (χ2v) is 14.4. The van der Waals surface area contributed by atoms with Crippen LogP contribution in [0, 0.1) is 0 Å². The number of aromatic nitrogens is 4. The van der Waals surface area contributed by atoms with Crippen molar-refractivity contribution < 1.29 is 232 Å². The number of hydrogen-bond donors (Lipinski definition) is 4. The standard InChI is InChI=1S/C15H12F3NO3.C14H9F3N2O.C9H6BrF3O.C6H7NO2.C2H4O2.CH2O3.2Cs.H3N.H/c1-22-14(21)12-3-2-8-19(12)9-13(20)10-4-6-11(7-5-10)15(16,17)18;15-14(16,17)10-5-3-9(4-6-10)11-8-19-7-1-2-12(19)13(20)18-11;10-5-8(14)6-1-3-7(4-2-6)9(11,12)13;1-9-6(8)5-3-2-4-7-5;1-2(3)4;2-1-4-3;;;;/h2-8H,9H2,1H3;1-8H,(H,18,20);1-4H,5H2;2-4,7H,1H3;1H3,(H,3,4);1,3H;;;1H3;/q;;;;;;2*+1;;-1/p-1. The number of nitrogens with one attached hydrogen (secondary N) is 2. The molecule has 0 aliphatic rings. The van der Waals surface area contributed by atoms with Crippen LogP contribution in [0.4, 0.5) is 39.5 Å². The van der Waals surface area contributed by atoms with E-state index in [4.69, 9.17) is 20.0 Å². The molecule has 0 atom stereocenters. The molecule has 0 spiro atoms. The predicted octanol–water partition coefficient (Wildman–Crippen LogP) is 3.38. The van der Waals surface area contributed by atoms with Crippen LogP contribution < -0.4 is 155 Å². The molecule has 400 valence electrons. The van der Waals surface area contributed by atoms with Crippen LogP contribution in [0.5, 0.6) is 0 Å². The zero-order chi connectivity index (χ0) is 55.1. The van der Waals surface area contributed by atoms with E-state index in [-0.39, 0.29) is 198 Å². The molecular weight excluding hydrogens is 1340 g/mol. The van der Waals surface area contributed by atoms with Gasteiger partial charge in [0.25, 0.3) is 18.0 Å². The Bertz CT molecular complexity index is 2950. The number of carboxylic acids is 1. The Kier molecular flexibility index (Phi) is 35.1. The summed E-state index contributed by atoms with van der Waals surface area (Å²) < 4.78 is 123. The first-order valence-corrected chi connectivity index (χ1v) is 21.1. The van der Waals surface area contributed by atoms with Crippen molar-refractivity contribution in [2.45, 2.75) is 32.0 Å². The molecule has 0 fully saturated rings. The fraction of sp³-hybridized carbons (Fsp3) is 0.170. The summed E-state index contributed by atoms with van der Waals surface area (Å²) in [6, 6.07) is 22.6. The van der Waals surface area contributed by atoms with E-state index in [9.17, 15) is 63.5 Å². The third-order valence-electron chi connectivity index (χ3n) is 8.82. The Labute approximate surface area is 552 Å². The topological polar surface area (TPSA) is 266 Å². The normalized spacial score (nSPS) is 10.2. The Morgan fingerprint density at radius 3 is 1.53 bits per heavy atom. The van der Waals surface area contributed by atoms with Gasteiger partial charge in [-0.05, 0) is 78.4 Å². The molecule has 0 saturated carbocycles. The number of H-pyrrole nitrogens is 2. The zero-order valence-electron chi connectivity index (χ0n) is 41.5. The molecule has 17 nitrogen and oxygen atoms in total. The monoisotopic (exact) mass is 1390 g/mol. The summed E-state index contributed by atoms with van der Waals surface area (Å²) in [4.78, 5) is 82.7. The number of alkyl halides is 10. The van der Waals surface area contributed by atoms with Gasteiger partial charge in [-0.15, -0.1) is 0 Å². The maximum atomic E-state index is 12.5. The van der Waals surface area contributed by atoms with Gasteiger partial charge in [-0.2, -0.15) is 39.5 Å². The van der Waals surface area contributed by atoms with Crippen molar-refractivity contribution in [1.82, 2.24) is 25.1 Å². The Morgan fingerprint density at radius 1 is 0.697 bits per heavy atom. The van der Waals surface area contributed by atoms with E-state index in [0.717, 1.165) is 55.5 Å². The van der Waals surface area contributed by atoms with Crippen molar-refractivity contribution in [3.05, 3.63) is 184 Å². The van der Waals surface area contributed by atoms with Gasteiger partial charge in [-0.1, -0.05) is 52.3 Å². The Morgan fingerprint density at radius 2 is 1.13 bits per heavy atom. The number of Topliss-reactive ketones (excluding diaryl/α,β-unsaturated/α-hetero) is 2. The molecule has 29 heteroatoms. The van der Waals surface area contributed by atoms with E-state index < -0.39 is 52.9 Å². The molecule has 0 aliphatic heterocycles. The van der Waals surface area contributed by atoms with E-state index in [2.05, 4.69) is 40.3 Å². The van der Waals surface area contributed by atoms with Crippen molar-refractivity contribution in [2.24, 2.45) is 0 Å². The van der Waals surface area contributed by atoms with Gasteiger partial charge in [-0.25, -0.2) is 9.59 Å². The second-order valence-electron chi connectivity index (χ2n) is 13.8. The number of benzene rings is 3. The van der Waals surface area contributed by atoms with Crippen LogP contribution in [-0.4, -0.2) is 79.5 Å². The van der Waals surface area contributed by atoms with Crippen LogP contribution in [0.25, 0.3) is 16.8 Å². The number of aliphatic carboxylic acids is 1. The van der Waals surface area contributed by atoms with E-state index in [1.165, 1.54) is 55.3 Å². The van der Waals surface area contributed by atoms with Crippen LogP contribution in [0.1, 0.15) is 66.7 Å². The number of aromatic amines is 2. The van der Waals surface area contributed by atoms with Gasteiger partial charge in [-0.3, -0.25) is 24.0 Å². The van der Waals surface area contributed by atoms with Gasteiger partial charge < -0.3 is 51.2 Å². The predicted molar refractivity (Wildman–Crippen MR) is 248 cm³/mol. The van der Waals surface area contributed by atoms with E-state index in [1.54, 1.807) is 53.3 Å².